The van der Waals surface area contributed by atoms with Crippen LogP contribution < -0.4 is 5.32 Å². The first-order chi connectivity index (χ1) is 7.72. The monoisotopic (exact) mass is 285 g/mol. The quantitative estimate of drug-likeness (QED) is 0.903. The van der Waals surface area contributed by atoms with Crippen LogP contribution in [0.2, 0.25) is 0 Å². The second-order valence-electron chi connectivity index (χ2n) is 4.94. The highest BCUT2D eigenvalue weighted by Gasteiger charge is 2.28. The molecule has 16 heavy (non-hydrogen) atoms. The Balaban J connectivity index is 2.08. The van der Waals surface area contributed by atoms with Crippen LogP contribution in [-0.4, -0.2) is 7.05 Å². The van der Waals surface area contributed by atoms with Gasteiger partial charge in [0, 0.05) is 11.6 Å². The molecule has 1 atom stereocenters. The molecule has 0 spiro atoms. The van der Waals surface area contributed by atoms with E-state index < -0.39 is 0 Å². The van der Waals surface area contributed by atoms with Gasteiger partial charge in [-0.25, -0.2) is 0 Å². The van der Waals surface area contributed by atoms with Crippen LogP contribution in [0.25, 0.3) is 0 Å². The van der Waals surface area contributed by atoms with Crippen molar-refractivity contribution in [3.8, 4) is 0 Å². The lowest BCUT2D eigenvalue weighted by Crippen LogP contribution is -2.28. The Bertz CT molecular complexity index is 328. The normalized spacial score (nSPS) is 27.9. The SMILES string of the molecule is CNC(c1ccoc1Br)C1CCC(C)CC1. The molecule has 3 heteroatoms. The van der Waals surface area contributed by atoms with Gasteiger partial charge in [-0.15, -0.1) is 0 Å². The Hall–Kier alpha value is -0.280. The summed E-state index contributed by atoms with van der Waals surface area (Å²) in [5, 5.41) is 3.44. The third kappa shape index (κ3) is 2.51. The van der Waals surface area contributed by atoms with Gasteiger partial charge < -0.3 is 9.73 Å². The summed E-state index contributed by atoms with van der Waals surface area (Å²) in [4.78, 5) is 0. The summed E-state index contributed by atoms with van der Waals surface area (Å²) in [5.74, 6) is 1.65. The van der Waals surface area contributed by atoms with E-state index in [2.05, 4.69) is 34.2 Å². The van der Waals surface area contributed by atoms with Crippen molar-refractivity contribution in [2.75, 3.05) is 7.05 Å². The molecule has 1 saturated carbocycles. The summed E-state index contributed by atoms with van der Waals surface area (Å²) < 4.78 is 6.22. The van der Waals surface area contributed by atoms with Crippen molar-refractivity contribution >= 4 is 15.9 Å². The first-order valence-electron chi connectivity index (χ1n) is 6.12. The fourth-order valence-corrected chi connectivity index (χ4v) is 3.28. The molecule has 1 heterocycles. The number of hydrogen-bond donors (Lipinski definition) is 1. The van der Waals surface area contributed by atoms with Crippen molar-refractivity contribution < 1.29 is 4.42 Å². The number of rotatable bonds is 3. The summed E-state index contributed by atoms with van der Waals surface area (Å²) in [6, 6.07) is 2.50. The molecule has 0 saturated heterocycles. The summed E-state index contributed by atoms with van der Waals surface area (Å²) in [5.41, 5.74) is 1.27. The van der Waals surface area contributed by atoms with E-state index in [0.29, 0.717) is 6.04 Å². The molecule has 0 radical (unpaired) electrons. The average molecular weight is 286 g/mol. The number of nitrogens with one attached hydrogen (secondary N) is 1. The van der Waals surface area contributed by atoms with Gasteiger partial charge in [0.2, 0.25) is 0 Å². The van der Waals surface area contributed by atoms with Gasteiger partial charge in [-0.1, -0.05) is 19.8 Å². The molecule has 0 amide bonds. The highest BCUT2D eigenvalue weighted by Crippen LogP contribution is 2.38. The first-order valence-corrected chi connectivity index (χ1v) is 6.91. The first kappa shape index (κ1) is 12.2. The van der Waals surface area contributed by atoms with Crippen molar-refractivity contribution in [2.45, 2.75) is 38.6 Å². The van der Waals surface area contributed by atoms with E-state index in [1.165, 1.54) is 31.2 Å². The molecule has 1 N–H and O–H groups in total. The second kappa shape index (κ2) is 5.37. The minimum absolute atomic E-state index is 0.431. The lowest BCUT2D eigenvalue weighted by molar-refractivity contribution is 0.236. The Morgan fingerprint density at radius 2 is 2.06 bits per heavy atom. The predicted octanol–water partition coefficient (Wildman–Crippen LogP) is 4.13. The summed E-state index contributed by atoms with van der Waals surface area (Å²) >= 11 is 3.48. The van der Waals surface area contributed by atoms with Crippen molar-refractivity contribution in [1.82, 2.24) is 5.32 Å². The Labute approximate surface area is 106 Å². The molecule has 90 valence electrons. The third-order valence-electron chi connectivity index (χ3n) is 3.82. The fourth-order valence-electron chi connectivity index (χ4n) is 2.79. The smallest absolute Gasteiger partial charge is 0.173 e. The van der Waals surface area contributed by atoms with Crippen molar-refractivity contribution in [3.05, 3.63) is 22.6 Å². The minimum Gasteiger partial charge on any atom is -0.457 e. The summed E-state index contributed by atoms with van der Waals surface area (Å²) in [6.07, 6.45) is 7.13. The Morgan fingerprint density at radius 3 is 2.56 bits per heavy atom. The van der Waals surface area contributed by atoms with E-state index in [4.69, 9.17) is 4.42 Å². The van der Waals surface area contributed by atoms with E-state index in [1.807, 2.05) is 7.05 Å². The zero-order valence-electron chi connectivity index (χ0n) is 10.0. The molecule has 0 bridgehead atoms. The maximum Gasteiger partial charge on any atom is 0.173 e. The van der Waals surface area contributed by atoms with Gasteiger partial charge in [-0.05, 0) is 53.7 Å². The van der Waals surface area contributed by atoms with E-state index >= 15 is 0 Å². The van der Waals surface area contributed by atoms with Gasteiger partial charge in [0.1, 0.15) is 0 Å². The third-order valence-corrected chi connectivity index (χ3v) is 4.47. The van der Waals surface area contributed by atoms with Crippen molar-refractivity contribution in [1.29, 1.82) is 0 Å². The lowest BCUT2D eigenvalue weighted by atomic mass is 9.78. The van der Waals surface area contributed by atoms with Crippen molar-refractivity contribution in [3.63, 3.8) is 0 Å². The molecule has 1 aromatic rings. The van der Waals surface area contributed by atoms with Crippen molar-refractivity contribution in [2.24, 2.45) is 11.8 Å². The average Bonchev–Trinajstić information content (AvgIpc) is 2.69. The van der Waals surface area contributed by atoms with Crippen LogP contribution in [0.15, 0.2) is 21.4 Å². The van der Waals surface area contributed by atoms with Gasteiger partial charge >= 0.3 is 0 Å². The molecule has 2 rings (SSSR count). The highest BCUT2D eigenvalue weighted by atomic mass is 79.9. The Morgan fingerprint density at radius 1 is 1.38 bits per heavy atom. The van der Waals surface area contributed by atoms with Crippen LogP contribution in [-0.2, 0) is 0 Å². The van der Waals surface area contributed by atoms with E-state index in [1.54, 1.807) is 6.26 Å². The molecule has 2 nitrogen and oxygen atoms in total. The van der Waals surface area contributed by atoms with Crippen LogP contribution in [0.5, 0.6) is 0 Å². The maximum atomic E-state index is 5.34. The fraction of sp³-hybridized carbons (Fsp3) is 0.692. The predicted molar refractivity (Wildman–Crippen MR) is 69.3 cm³/mol. The van der Waals surface area contributed by atoms with Gasteiger partial charge in [0.25, 0.3) is 0 Å². The zero-order chi connectivity index (χ0) is 11.5. The molecule has 1 aliphatic carbocycles. The Kier molecular flexibility index (Phi) is 4.09. The molecule has 1 aromatic heterocycles. The minimum atomic E-state index is 0.431. The van der Waals surface area contributed by atoms with Gasteiger partial charge in [-0.3, -0.25) is 0 Å². The van der Waals surface area contributed by atoms with Crippen LogP contribution >= 0.6 is 15.9 Å². The van der Waals surface area contributed by atoms with Crippen LogP contribution in [0.4, 0.5) is 0 Å². The molecule has 1 unspecified atom stereocenters. The maximum absolute atomic E-state index is 5.34. The topological polar surface area (TPSA) is 25.2 Å². The number of halogens is 1. The highest BCUT2D eigenvalue weighted by molar-refractivity contribution is 9.10. The summed E-state index contributed by atoms with van der Waals surface area (Å²) in [6.45, 7) is 2.36. The molecular weight excluding hydrogens is 266 g/mol. The van der Waals surface area contributed by atoms with Crippen LogP contribution in [0.3, 0.4) is 0 Å². The van der Waals surface area contributed by atoms with E-state index in [0.717, 1.165) is 16.5 Å². The molecule has 1 fully saturated rings. The number of furan rings is 1. The largest absolute Gasteiger partial charge is 0.457 e. The van der Waals surface area contributed by atoms with E-state index in [9.17, 15) is 0 Å². The van der Waals surface area contributed by atoms with Gasteiger partial charge in [0.15, 0.2) is 4.67 Å². The van der Waals surface area contributed by atoms with Gasteiger partial charge in [0.05, 0.1) is 6.26 Å². The second-order valence-corrected chi connectivity index (χ2v) is 5.66. The lowest BCUT2D eigenvalue weighted by Gasteiger charge is -2.32. The molecule has 1 aliphatic rings. The number of hydrogen-bond acceptors (Lipinski definition) is 2. The van der Waals surface area contributed by atoms with Gasteiger partial charge in [-0.2, -0.15) is 0 Å². The van der Waals surface area contributed by atoms with Crippen LogP contribution in [0.1, 0.15) is 44.2 Å². The van der Waals surface area contributed by atoms with Crippen LogP contribution in [0, 0.1) is 11.8 Å². The molecular formula is C13H20BrNO. The van der Waals surface area contributed by atoms with E-state index in [-0.39, 0.29) is 0 Å². The zero-order valence-corrected chi connectivity index (χ0v) is 11.6. The summed E-state index contributed by atoms with van der Waals surface area (Å²) in [7, 11) is 2.04. The standard InChI is InChI=1S/C13H20BrNO/c1-9-3-5-10(6-4-9)12(15-2)11-7-8-16-13(11)14/h7-10,12,15H,3-6H2,1-2H3. The molecule has 0 aliphatic heterocycles. The molecule has 0 aromatic carbocycles.